The average Bonchev–Trinajstić information content (AvgIpc) is 2.97. The lowest BCUT2D eigenvalue weighted by Crippen LogP contribution is -2.54. The number of rotatable bonds is 9. The van der Waals surface area contributed by atoms with Crippen molar-refractivity contribution >= 4 is 41.9 Å². The summed E-state index contributed by atoms with van der Waals surface area (Å²) in [5, 5.41) is 4.86. The maximum absolute atomic E-state index is 12.9. The molecular formula is C20H25ClN4O6. The van der Waals surface area contributed by atoms with E-state index in [1.165, 1.54) is 18.2 Å². The molecule has 1 aromatic rings. The van der Waals surface area contributed by atoms with Gasteiger partial charge in [-0.15, -0.1) is 12.4 Å². The fourth-order valence-electron chi connectivity index (χ4n) is 3.47. The van der Waals surface area contributed by atoms with Crippen molar-refractivity contribution in [3.8, 4) is 5.75 Å². The highest BCUT2D eigenvalue weighted by Gasteiger charge is 2.46. The lowest BCUT2D eigenvalue weighted by Gasteiger charge is -2.27. The molecule has 3 rings (SSSR count). The molecule has 2 aliphatic heterocycles. The van der Waals surface area contributed by atoms with Gasteiger partial charge in [-0.2, -0.15) is 0 Å². The molecule has 31 heavy (non-hydrogen) atoms. The average molecular weight is 453 g/mol. The van der Waals surface area contributed by atoms with Gasteiger partial charge in [0.15, 0.2) is 6.61 Å². The third-order valence-electron chi connectivity index (χ3n) is 4.99. The number of benzene rings is 1. The van der Waals surface area contributed by atoms with Crippen LogP contribution in [0.3, 0.4) is 0 Å². The van der Waals surface area contributed by atoms with E-state index in [2.05, 4.69) is 10.6 Å². The van der Waals surface area contributed by atoms with Crippen molar-refractivity contribution in [1.82, 2.24) is 15.5 Å². The van der Waals surface area contributed by atoms with Crippen LogP contribution in [0.25, 0.3) is 0 Å². The Morgan fingerprint density at radius 2 is 1.94 bits per heavy atom. The molecule has 0 radical (unpaired) electrons. The van der Waals surface area contributed by atoms with Crippen LogP contribution in [0.4, 0.5) is 0 Å². The SMILES string of the molecule is Cl.NCCCCCNC(=O)COc1cccc2c1C(=O)N(C1CCC(=O)NC1=O)C2=O. The highest BCUT2D eigenvalue weighted by molar-refractivity contribution is 6.24. The Morgan fingerprint density at radius 1 is 1.16 bits per heavy atom. The van der Waals surface area contributed by atoms with Crippen LogP contribution < -0.4 is 21.1 Å². The van der Waals surface area contributed by atoms with Gasteiger partial charge in [0.2, 0.25) is 11.8 Å². The molecule has 0 aliphatic carbocycles. The first-order valence-electron chi connectivity index (χ1n) is 9.88. The number of piperidine rings is 1. The zero-order chi connectivity index (χ0) is 21.7. The minimum Gasteiger partial charge on any atom is -0.483 e. The fraction of sp³-hybridized carbons (Fsp3) is 0.450. The third-order valence-corrected chi connectivity index (χ3v) is 4.99. The van der Waals surface area contributed by atoms with Crippen LogP contribution in [0.15, 0.2) is 18.2 Å². The molecule has 11 heteroatoms. The summed E-state index contributed by atoms with van der Waals surface area (Å²) in [4.78, 5) is 62.0. The Hall–Kier alpha value is -2.98. The first kappa shape index (κ1) is 24.3. The number of amides is 5. The summed E-state index contributed by atoms with van der Waals surface area (Å²) in [5.41, 5.74) is 5.54. The van der Waals surface area contributed by atoms with Crippen molar-refractivity contribution in [3.05, 3.63) is 29.3 Å². The number of unbranched alkanes of at least 4 members (excludes halogenated alkanes) is 2. The Kier molecular flexibility index (Phi) is 8.52. The number of imide groups is 2. The summed E-state index contributed by atoms with van der Waals surface area (Å²) in [5.74, 6) is -2.68. The number of ether oxygens (including phenoxy) is 1. The van der Waals surface area contributed by atoms with E-state index in [1.54, 1.807) is 0 Å². The van der Waals surface area contributed by atoms with Crippen LogP contribution in [0.5, 0.6) is 5.75 Å². The number of nitrogens with zero attached hydrogens (tertiary/aromatic N) is 1. The van der Waals surface area contributed by atoms with E-state index in [1.807, 2.05) is 0 Å². The second-order valence-electron chi connectivity index (χ2n) is 7.11. The molecule has 0 spiro atoms. The molecule has 0 bridgehead atoms. The highest BCUT2D eigenvalue weighted by atomic mass is 35.5. The molecule has 5 amide bonds. The van der Waals surface area contributed by atoms with Crippen LogP contribution in [0, 0.1) is 0 Å². The molecule has 0 aromatic heterocycles. The first-order chi connectivity index (χ1) is 14.4. The Balaban J connectivity index is 0.00000341. The van der Waals surface area contributed by atoms with Gasteiger partial charge in [0, 0.05) is 13.0 Å². The molecular weight excluding hydrogens is 428 g/mol. The van der Waals surface area contributed by atoms with Gasteiger partial charge in [0.05, 0.1) is 11.1 Å². The summed E-state index contributed by atoms with van der Waals surface area (Å²) in [6.07, 6.45) is 2.72. The molecule has 168 valence electrons. The number of hydrogen-bond donors (Lipinski definition) is 3. The van der Waals surface area contributed by atoms with Gasteiger partial charge in [-0.3, -0.25) is 34.2 Å². The van der Waals surface area contributed by atoms with Crippen LogP contribution >= 0.6 is 12.4 Å². The lowest BCUT2D eigenvalue weighted by atomic mass is 10.0. The molecule has 10 nitrogen and oxygen atoms in total. The number of halogens is 1. The predicted molar refractivity (Wildman–Crippen MR) is 112 cm³/mol. The van der Waals surface area contributed by atoms with Gasteiger partial charge in [-0.25, -0.2) is 0 Å². The minimum absolute atomic E-state index is 0. The molecule has 2 heterocycles. The number of nitrogens with one attached hydrogen (secondary N) is 2. The molecule has 1 saturated heterocycles. The maximum Gasteiger partial charge on any atom is 0.266 e. The predicted octanol–water partition coefficient (Wildman–Crippen LogP) is 0.134. The van der Waals surface area contributed by atoms with Crippen molar-refractivity contribution < 1.29 is 28.7 Å². The quantitative estimate of drug-likeness (QED) is 0.356. The maximum atomic E-state index is 12.9. The fourth-order valence-corrected chi connectivity index (χ4v) is 3.47. The van der Waals surface area contributed by atoms with Crippen molar-refractivity contribution in [2.24, 2.45) is 5.73 Å². The number of carbonyl (C=O) groups excluding carboxylic acids is 5. The standard InChI is InChI=1S/C20H24N4O6.ClH/c21-9-2-1-3-10-22-16(26)11-30-14-6-4-5-12-17(14)20(29)24(19(12)28)13-7-8-15(25)23-18(13)27;/h4-6,13H,1-3,7-11,21H2,(H,22,26)(H,23,25,27);1H. The van der Waals surface area contributed by atoms with E-state index < -0.39 is 29.7 Å². The number of hydrogen-bond acceptors (Lipinski definition) is 7. The third kappa shape index (κ3) is 5.39. The summed E-state index contributed by atoms with van der Waals surface area (Å²) in [6.45, 7) is 0.793. The molecule has 4 N–H and O–H groups in total. The first-order valence-corrected chi connectivity index (χ1v) is 9.88. The highest BCUT2D eigenvalue weighted by Crippen LogP contribution is 2.33. The van der Waals surface area contributed by atoms with E-state index in [0.29, 0.717) is 13.1 Å². The largest absolute Gasteiger partial charge is 0.483 e. The van der Waals surface area contributed by atoms with E-state index in [9.17, 15) is 24.0 Å². The van der Waals surface area contributed by atoms with E-state index in [0.717, 1.165) is 24.2 Å². The normalized spacial score (nSPS) is 17.7. The van der Waals surface area contributed by atoms with Gasteiger partial charge < -0.3 is 15.8 Å². The summed E-state index contributed by atoms with van der Waals surface area (Å²) in [7, 11) is 0. The molecule has 0 saturated carbocycles. The second-order valence-corrected chi connectivity index (χ2v) is 7.11. The van der Waals surface area contributed by atoms with Crippen molar-refractivity contribution in [2.45, 2.75) is 38.1 Å². The summed E-state index contributed by atoms with van der Waals surface area (Å²) >= 11 is 0. The van der Waals surface area contributed by atoms with Gasteiger partial charge in [-0.05, 0) is 37.9 Å². The van der Waals surface area contributed by atoms with Crippen LogP contribution in [-0.2, 0) is 14.4 Å². The summed E-state index contributed by atoms with van der Waals surface area (Å²) < 4.78 is 5.50. The van der Waals surface area contributed by atoms with Gasteiger partial charge in [0.25, 0.3) is 17.7 Å². The number of fused-ring (bicyclic) bond motifs is 1. The second kappa shape index (κ2) is 10.9. The van der Waals surface area contributed by atoms with Crippen molar-refractivity contribution in [2.75, 3.05) is 19.7 Å². The molecule has 1 unspecified atom stereocenters. The number of nitrogens with two attached hydrogens (primary N) is 1. The zero-order valence-electron chi connectivity index (χ0n) is 16.8. The molecule has 1 atom stereocenters. The zero-order valence-corrected chi connectivity index (χ0v) is 17.7. The van der Waals surface area contributed by atoms with Crippen LogP contribution in [0.1, 0.15) is 52.8 Å². The van der Waals surface area contributed by atoms with Gasteiger partial charge in [0.1, 0.15) is 11.8 Å². The Labute approximate surface area is 185 Å². The van der Waals surface area contributed by atoms with Gasteiger partial charge in [-0.1, -0.05) is 12.5 Å². The topological polar surface area (TPSA) is 148 Å². The van der Waals surface area contributed by atoms with Crippen LogP contribution in [-0.4, -0.2) is 60.2 Å². The van der Waals surface area contributed by atoms with Gasteiger partial charge >= 0.3 is 0 Å². The monoisotopic (exact) mass is 452 g/mol. The van der Waals surface area contributed by atoms with E-state index in [4.69, 9.17) is 10.5 Å². The Bertz CT molecular complexity index is 890. The number of carbonyl (C=O) groups is 5. The van der Waals surface area contributed by atoms with E-state index >= 15 is 0 Å². The van der Waals surface area contributed by atoms with Crippen LogP contribution in [0.2, 0.25) is 0 Å². The summed E-state index contributed by atoms with van der Waals surface area (Å²) in [6, 6.07) is 3.44. The van der Waals surface area contributed by atoms with Crippen molar-refractivity contribution in [3.63, 3.8) is 0 Å². The lowest BCUT2D eigenvalue weighted by molar-refractivity contribution is -0.136. The van der Waals surface area contributed by atoms with Crippen molar-refractivity contribution in [1.29, 1.82) is 0 Å². The molecule has 2 aliphatic rings. The van der Waals surface area contributed by atoms with E-state index in [-0.39, 0.29) is 54.6 Å². The Morgan fingerprint density at radius 3 is 2.65 bits per heavy atom. The molecule has 1 fully saturated rings. The smallest absolute Gasteiger partial charge is 0.266 e. The minimum atomic E-state index is -1.06. The molecule has 1 aromatic carbocycles.